The molecule has 0 spiro atoms. The molecule has 1 fully saturated rings. The molecule has 4 heteroatoms. The Morgan fingerprint density at radius 1 is 1.61 bits per heavy atom. The first-order chi connectivity index (χ1) is 8.68. The van der Waals surface area contributed by atoms with Gasteiger partial charge < -0.3 is 15.4 Å². The van der Waals surface area contributed by atoms with Crippen molar-refractivity contribution < 1.29 is 4.74 Å². The Morgan fingerprint density at radius 3 is 3.11 bits per heavy atom. The van der Waals surface area contributed by atoms with E-state index in [0.717, 1.165) is 12.0 Å². The van der Waals surface area contributed by atoms with Crippen molar-refractivity contribution in [3.05, 3.63) is 23.9 Å². The third kappa shape index (κ3) is 3.21. The average molecular weight is 249 g/mol. The quantitative estimate of drug-likeness (QED) is 0.866. The van der Waals surface area contributed by atoms with E-state index in [1.54, 1.807) is 6.20 Å². The number of rotatable bonds is 5. The zero-order valence-electron chi connectivity index (χ0n) is 11.3. The Hall–Kier alpha value is -1.13. The highest BCUT2D eigenvalue weighted by atomic mass is 16.5. The minimum atomic E-state index is -0.0390. The van der Waals surface area contributed by atoms with Crippen LogP contribution in [0.1, 0.15) is 37.8 Å². The zero-order valence-corrected chi connectivity index (χ0v) is 11.3. The third-order valence-corrected chi connectivity index (χ3v) is 3.65. The molecular weight excluding hydrogens is 226 g/mol. The molecule has 2 N–H and O–H groups in total. The van der Waals surface area contributed by atoms with E-state index < -0.39 is 0 Å². The Morgan fingerprint density at radius 2 is 2.44 bits per heavy atom. The van der Waals surface area contributed by atoms with Crippen molar-refractivity contribution in [1.29, 1.82) is 0 Å². The van der Waals surface area contributed by atoms with E-state index in [9.17, 15) is 0 Å². The van der Waals surface area contributed by atoms with Gasteiger partial charge in [0, 0.05) is 23.8 Å². The van der Waals surface area contributed by atoms with Gasteiger partial charge in [-0.3, -0.25) is 0 Å². The van der Waals surface area contributed by atoms with Crippen molar-refractivity contribution in [3.8, 4) is 5.88 Å². The molecule has 1 aliphatic rings. The second-order valence-corrected chi connectivity index (χ2v) is 5.10. The summed E-state index contributed by atoms with van der Waals surface area (Å²) in [6.07, 6.45) is 5.40. The van der Waals surface area contributed by atoms with Crippen molar-refractivity contribution in [1.82, 2.24) is 9.88 Å². The SMILES string of the molecule is C[C@@H](N)c1cccnc1OCCC1CCCN1C. The first-order valence-corrected chi connectivity index (χ1v) is 6.72. The molecule has 1 aliphatic heterocycles. The first-order valence-electron chi connectivity index (χ1n) is 6.72. The van der Waals surface area contributed by atoms with Crippen LogP contribution in [-0.4, -0.2) is 36.1 Å². The fraction of sp³-hybridized carbons (Fsp3) is 0.643. The van der Waals surface area contributed by atoms with Gasteiger partial charge in [0.1, 0.15) is 0 Å². The van der Waals surface area contributed by atoms with Crippen LogP contribution in [0.2, 0.25) is 0 Å². The number of ether oxygens (including phenoxy) is 1. The van der Waals surface area contributed by atoms with Crippen molar-refractivity contribution in [2.24, 2.45) is 5.73 Å². The molecule has 2 heterocycles. The predicted octanol–water partition coefficient (Wildman–Crippen LogP) is 1.96. The molecular formula is C14H23N3O. The summed E-state index contributed by atoms with van der Waals surface area (Å²) in [4.78, 5) is 6.68. The lowest BCUT2D eigenvalue weighted by atomic mass is 10.1. The highest BCUT2D eigenvalue weighted by Crippen LogP contribution is 2.22. The normalized spacial score (nSPS) is 22.1. The maximum atomic E-state index is 5.90. The molecule has 2 rings (SSSR count). The second kappa shape index (κ2) is 6.16. The van der Waals surface area contributed by atoms with E-state index in [4.69, 9.17) is 10.5 Å². The summed E-state index contributed by atoms with van der Waals surface area (Å²) in [5.74, 6) is 0.688. The maximum absolute atomic E-state index is 5.90. The number of pyridine rings is 1. The molecule has 2 atom stereocenters. The molecule has 0 amide bonds. The van der Waals surface area contributed by atoms with Crippen LogP contribution in [0.15, 0.2) is 18.3 Å². The number of nitrogens with two attached hydrogens (primary N) is 1. The molecule has 1 aromatic heterocycles. The third-order valence-electron chi connectivity index (χ3n) is 3.65. The van der Waals surface area contributed by atoms with Crippen LogP contribution in [0.25, 0.3) is 0 Å². The van der Waals surface area contributed by atoms with E-state index >= 15 is 0 Å². The van der Waals surface area contributed by atoms with Crippen molar-refractivity contribution >= 4 is 0 Å². The maximum Gasteiger partial charge on any atom is 0.218 e. The van der Waals surface area contributed by atoms with Crippen LogP contribution >= 0.6 is 0 Å². The lowest BCUT2D eigenvalue weighted by Crippen LogP contribution is -2.26. The van der Waals surface area contributed by atoms with Gasteiger partial charge in [-0.1, -0.05) is 6.07 Å². The lowest BCUT2D eigenvalue weighted by Gasteiger charge is -2.19. The fourth-order valence-corrected chi connectivity index (χ4v) is 2.51. The van der Waals surface area contributed by atoms with Gasteiger partial charge in [-0.2, -0.15) is 0 Å². The van der Waals surface area contributed by atoms with Gasteiger partial charge in [0.2, 0.25) is 5.88 Å². The summed E-state index contributed by atoms with van der Waals surface area (Å²) < 4.78 is 5.79. The van der Waals surface area contributed by atoms with E-state index in [1.165, 1.54) is 19.4 Å². The number of hydrogen-bond donors (Lipinski definition) is 1. The molecule has 0 saturated carbocycles. The Bertz CT molecular complexity index is 381. The average Bonchev–Trinajstić information content (AvgIpc) is 2.76. The Balaban J connectivity index is 1.86. The van der Waals surface area contributed by atoms with Crippen LogP contribution in [0.5, 0.6) is 5.88 Å². The van der Waals surface area contributed by atoms with Gasteiger partial charge in [0.15, 0.2) is 0 Å². The van der Waals surface area contributed by atoms with Crippen molar-refractivity contribution in [2.45, 2.75) is 38.3 Å². The van der Waals surface area contributed by atoms with E-state index in [0.29, 0.717) is 18.5 Å². The molecule has 0 aliphatic carbocycles. The summed E-state index contributed by atoms with van der Waals surface area (Å²) in [5.41, 5.74) is 6.89. The minimum absolute atomic E-state index is 0.0390. The zero-order chi connectivity index (χ0) is 13.0. The number of aromatic nitrogens is 1. The van der Waals surface area contributed by atoms with E-state index in [2.05, 4.69) is 16.9 Å². The summed E-state index contributed by atoms with van der Waals surface area (Å²) in [6, 6.07) is 4.50. The summed E-state index contributed by atoms with van der Waals surface area (Å²) in [6.45, 7) is 3.87. The van der Waals surface area contributed by atoms with Gasteiger partial charge in [-0.05, 0) is 45.8 Å². The monoisotopic (exact) mass is 249 g/mol. The summed E-state index contributed by atoms with van der Waals surface area (Å²) in [5, 5.41) is 0. The van der Waals surface area contributed by atoms with E-state index in [1.807, 2.05) is 19.1 Å². The van der Waals surface area contributed by atoms with E-state index in [-0.39, 0.29) is 6.04 Å². The largest absolute Gasteiger partial charge is 0.477 e. The molecule has 0 bridgehead atoms. The number of nitrogens with zero attached hydrogens (tertiary/aromatic N) is 2. The van der Waals surface area contributed by atoms with Gasteiger partial charge in [-0.15, -0.1) is 0 Å². The molecule has 18 heavy (non-hydrogen) atoms. The molecule has 0 aromatic carbocycles. The summed E-state index contributed by atoms with van der Waals surface area (Å²) in [7, 11) is 2.19. The molecule has 0 radical (unpaired) electrons. The molecule has 1 unspecified atom stereocenters. The smallest absolute Gasteiger partial charge is 0.218 e. The fourth-order valence-electron chi connectivity index (χ4n) is 2.51. The predicted molar refractivity (Wildman–Crippen MR) is 72.6 cm³/mol. The molecule has 4 nitrogen and oxygen atoms in total. The molecule has 1 aromatic rings. The highest BCUT2D eigenvalue weighted by Gasteiger charge is 2.20. The lowest BCUT2D eigenvalue weighted by molar-refractivity contribution is 0.227. The van der Waals surface area contributed by atoms with Gasteiger partial charge in [0.05, 0.1) is 6.61 Å². The van der Waals surface area contributed by atoms with Crippen LogP contribution in [0, 0.1) is 0 Å². The second-order valence-electron chi connectivity index (χ2n) is 5.10. The number of hydrogen-bond acceptors (Lipinski definition) is 4. The summed E-state index contributed by atoms with van der Waals surface area (Å²) >= 11 is 0. The standard InChI is InChI=1S/C14H23N3O/c1-11(15)13-6-3-8-16-14(13)18-10-7-12-5-4-9-17(12)2/h3,6,8,11-12H,4-5,7,9-10,15H2,1-2H3/t11-,12?/m1/s1. The number of likely N-dealkylation sites (tertiary alicyclic amines) is 1. The van der Waals surface area contributed by atoms with Crippen molar-refractivity contribution in [2.75, 3.05) is 20.2 Å². The molecule has 1 saturated heterocycles. The first kappa shape index (κ1) is 13.3. The topological polar surface area (TPSA) is 51.4 Å². The van der Waals surface area contributed by atoms with Crippen molar-refractivity contribution in [3.63, 3.8) is 0 Å². The van der Waals surface area contributed by atoms with Crippen LogP contribution in [0.4, 0.5) is 0 Å². The van der Waals surface area contributed by atoms with Crippen LogP contribution < -0.4 is 10.5 Å². The minimum Gasteiger partial charge on any atom is -0.477 e. The molecule has 100 valence electrons. The van der Waals surface area contributed by atoms with Gasteiger partial charge in [0.25, 0.3) is 0 Å². The van der Waals surface area contributed by atoms with Crippen LogP contribution in [-0.2, 0) is 0 Å². The van der Waals surface area contributed by atoms with Gasteiger partial charge >= 0.3 is 0 Å². The van der Waals surface area contributed by atoms with Gasteiger partial charge in [-0.25, -0.2) is 4.98 Å². The highest BCUT2D eigenvalue weighted by molar-refractivity contribution is 5.28. The Labute approximate surface area is 109 Å². The Kier molecular flexibility index (Phi) is 4.55. The van der Waals surface area contributed by atoms with Crippen LogP contribution in [0.3, 0.4) is 0 Å².